The fourth-order valence-corrected chi connectivity index (χ4v) is 1.84. The van der Waals surface area contributed by atoms with E-state index in [2.05, 4.69) is 29.1 Å². The second kappa shape index (κ2) is 6.92. The van der Waals surface area contributed by atoms with Gasteiger partial charge < -0.3 is 14.8 Å². The van der Waals surface area contributed by atoms with E-state index in [9.17, 15) is 0 Å². The van der Waals surface area contributed by atoms with Crippen LogP contribution in [0.3, 0.4) is 0 Å². The van der Waals surface area contributed by atoms with E-state index >= 15 is 0 Å². The maximum atomic E-state index is 5.86. The van der Waals surface area contributed by atoms with Crippen LogP contribution in [0, 0.1) is 0 Å². The van der Waals surface area contributed by atoms with Crippen molar-refractivity contribution in [2.75, 3.05) is 19.0 Å². The molecule has 0 spiro atoms. The van der Waals surface area contributed by atoms with Gasteiger partial charge in [0.1, 0.15) is 11.6 Å². The van der Waals surface area contributed by atoms with Crippen LogP contribution >= 0.6 is 0 Å². The van der Waals surface area contributed by atoms with Gasteiger partial charge >= 0.3 is 0 Å². The van der Waals surface area contributed by atoms with Crippen molar-refractivity contribution in [3.05, 3.63) is 36.2 Å². The topological polar surface area (TPSA) is 56.3 Å². The van der Waals surface area contributed by atoms with Crippen molar-refractivity contribution < 1.29 is 9.47 Å². The molecular weight excluding hydrogens is 266 g/mol. The lowest BCUT2D eigenvalue weighted by Gasteiger charge is -2.13. The lowest BCUT2D eigenvalue weighted by molar-refractivity contribution is 0.373. The third-order valence-corrected chi connectivity index (χ3v) is 2.88. The van der Waals surface area contributed by atoms with Crippen molar-refractivity contribution in [2.24, 2.45) is 0 Å². The van der Waals surface area contributed by atoms with Gasteiger partial charge in [0.05, 0.1) is 7.11 Å². The number of anilines is 1. The summed E-state index contributed by atoms with van der Waals surface area (Å²) in [5.74, 6) is 3.56. The lowest BCUT2D eigenvalue weighted by atomic mass is 10.2. The highest BCUT2D eigenvalue weighted by atomic mass is 16.5. The van der Waals surface area contributed by atoms with E-state index < -0.39 is 0 Å². The predicted molar refractivity (Wildman–Crippen MR) is 83.4 cm³/mol. The SMILES string of the molecule is CCNc1cc(Oc2ccccc2OC)nc(C(C)C)n1. The maximum Gasteiger partial charge on any atom is 0.224 e. The van der Waals surface area contributed by atoms with Crippen LogP contribution in [0.1, 0.15) is 32.5 Å². The molecule has 0 aliphatic heterocycles. The van der Waals surface area contributed by atoms with Crippen LogP contribution < -0.4 is 14.8 Å². The molecule has 5 nitrogen and oxygen atoms in total. The molecule has 0 saturated heterocycles. The molecule has 112 valence electrons. The van der Waals surface area contributed by atoms with E-state index in [1.807, 2.05) is 31.2 Å². The highest BCUT2D eigenvalue weighted by Crippen LogP contribution is 2.31. The number of nitrogens with zero attached hydrogens (tertiary/aromatic N) is 2. The standard InChI is InChI=1S/C16H21N3O2/c1-5-17-14-10-15(19-16(18-14)11(2)3)21-13-9-7-6-8-12(13)20-4/h6-11H,5H2,1-4H3,(H,17,18,19). The number of benzene rings is 1. The number of hydrogen-bond acceptors (Lipinski definition) is 5. The normalized spacial score (nSPS) is 10.5. The average Bonchev–Trinajstić information content (AvgIpc) is 2.48. The Bertz CT molecular complexity index is 600. The molecule has 1 N–H and O–H groups in total. The van der Waals surface area contributed by atoms with Crippen LogP contribution in [0.15, 0.2) is 30.3 Å². The van der Waals surface area contributed by atoms with Gasteiger partial charge in [-0.2, -0.15) is 4.98 Å². The second-order valence-corrected chi connectivity index (χ2v) is 4.89. The van der Waals surface area contributed by atoms with E-state index in [1.54, 1.807) is 13.2 Å². The van der Waals surface area contributed by atoms with Crippen molar-refractivity contribution in [3.63, 3.8) is 0 Å². The number of ether oxygens (including phenoxy) is 2. The molecule has 0 aliphatic rings. The van der Waals surface area contributed by atoms with Gasteiger partial charge in [0.15, 0.2) is 11.5 Å². The summed E-state index contributed by atoms with van der Waals surface area (Å²) in [5.41, 5.74) is 0. The van der Waals surface area contributed by atoms with E-state index in [1.165, 1.54) is 0 Å². The lowest BCUT2D eigenvalue weighted by Crippen LogP contribution is -2.06. The quantitative estimate of drug-likeness (QED) is 0.875. The van der Waals surface area contributed by atoms with Gasteiger partial charge in [-0.1, -0.05) is 26.0 Å². The highest BCUT2D eigenvalue weighted by Gasteiger charge is 2.11. The molecule has 2 aromatic rings. The Morgan fingerprint density at radius 1 is 1.14 bits per heavy atom. The minimum atomic E-state index is 0.226. The monoisotopic (exact) mass is 287 g/mol. The van der Waals surface area contributed by atoms with E-state index in [0.29, 0.717) is 17.4 Å². The molecular formula is C16H21N3O2. The Balaban J connectivity index is 2.34. The predicted octanol–water partition coefficient (Wildman–Crippen LogP) is 3.83. The Kier molecular flexibility index (Phi) is 4.98. The summed E-state index contributed by atoms with van der Waals surface area (Å²) >= 11 is 0. The summed E-state index contributed by atoms with van der Waals surface area (Å²) in [6.07, 6.45) is 0. The van der Waals surface area contributed by atoms with Crippen LogP contribution in [-0.4, -0.2) is 23.6 Å². The van der Waals surface area contributed by atoms with Gasteiger partial charge in [0, 0.05) is 18.5 Å². The van der Waals surface area contributed by atoms with Gasteiger partial charge in [-0.05, 0) is 19.1 Å². The zero-order chi connectivity index (χ0) is 15.2. The average molecular weight is 287 g/mol. The fourth-order valence-electron chi connectivity index (χ4n) is 1.84. The summed E-state index contributed by atoms with van der Waals surface area (Å²) in [6.45, 7) is 6.93. The summed E-state index contributed by atoms with van der Waals surface area (Å²) in [7, 11) is 1.62. The van der Waals surface area contributed by atoms with Crippen LogP contribution in [0.25, 0.3) is 0 Å². The van der Waals surface area contributed by atoms with Gasteiger partial charge in [-0.15, -0.1) is 0 Å². The van der Waals surface area contributed by atoms with Crippen molar-refractivity contribution in [2.45, 2.75) is 26.7 Å². The molecule has 1 aromatic heterocycles. The Morgan fingerprint density at radius 2 is 1.86 bits per heavy atom. The van der Waals surface area contributed by atoms with Crippen molar-refractivity contribution in [3.8, 4) is 17.4 Å². The second-order valence-electron chi connectivity index (χ2n) is 4.89. The van der Waals surface area contributed by atoms with Crippen molar-refractivity contribution in [1.29, 1.82) is 0 Å². The third-order valence-electron chi connectivity index (χ3n) is 2.88. The summed E-state index contributed by atoms with van der Waals surface area (Å²) < 4.78 is 11.2. The van der Waals surface area contributed by atoms with Crippen LogP contribution in [-0.2, 0) is 0 Å². The molecule has 0 amide bonds. The molecule has 0 aliphatic carbocycles. The Hall–Kier alpha value is -2.30. The first-order valence-corrected chi connectivity index (χ1v) is 7.07. The van der Waals surface area contributed by atoms with Gasteiger partial charge in [-0.3, -0.25) is 0 Å². The molecule has 1 aromatic carbocycles. The first kappa shape index (κ1) is 15.1. The van der Waals surface area contributed by atoms with Gasteiger partial charge in [0.2, 0.25) is 5.88 Å². The Morgan fingerprint density at radius 3 is 2.48 bits per heavy atom. The molecule has 1 heterocycles. The third kappa shape index (κ3) is 3.84. The summed E-state index contributed by atoms with van der Waals surface area (Å²) in [6, 6.07) is 9.29. The van der Waals surface area contributed by atoms with E-state index in [4.69, 9.17) is 9.47 Å². The highest BCUT2D eigenvalue weighted by molar-refractivity contribution is 5.44. The molecule has 0 bridgehead atoms. The van der Waals surface area contributed by atoms with E-state index in [-0.39, 0.29) is 5.92 Å². The van der Waals surface area contributed by atoms with E-state index in [0.717, 1.165) is 18.2 Å². The molecule has 0 atom stereocenters. The molecule has 21 heavy (non-hydrogen) atoms. The molecule has 0 unspecified atom stereocenters. The zero-order valence-corrected chi connectivity index (χ0v) is 12.9. The van der Waals surface area contributed by atoms with Crippen molar-refractivity contribution >= 4 is 5.82 Å². The number of para-hydroxylation sites is 2. The fraction of sp³-hybridized carbons (Fsp3) is 0.375. The number of nitrogens with one attached hydrogen (secondary N) is 1. The number of aromatic nitrogens is 2. The Labute approximate surface area is 125 Å². The minimum absolute atomic E-state index is 0.226. The molecule has 0 fully saturated rings. The zero-order valence-electron chi connectivity index (χ0n) is 12.9. The minimum Gasteiger partial charge on any atom is -0.493 e. The van der Waals surface area contributed by atoms with Crippen LogP contribution in [0.4, 0.5) is 5.82 Å². The van der Waals surface area contributed by atoms with Gasteiger partial charge in [0.25, 0.3) is 0 Å². The molecule has 0 saturated carbocycles. The smallest absolute Gasteiger partial charge is 0.224 e. The van der Waals surface area contributed by atoms with Crippen LogP contribution in [0.2, 0.25) is 0 Å². The molecule has 2 rings (SSSR count). The maximum absolute atomic E-state index is 5.86. The first-order valence-electron chi connectivity index (χ1n) is 7.07. The molecule has 5 heteroatoms. The van der Waals surface area contributed by atoms with Crippen LogP contribution in [0.5, 0.6) is 17.4 Å². The first-order chi connectivity index (χ1) is 10.1. The largest absolute Gasteiger partial charge is 0.493 e. The number of hydrogen-bond donors (Lipinski definition) is 1. The summed E-state index contributed by atoms with van der Waals surface area (Å²) in [5, 5.41) is 3.20. The number of rotatable bonds is 6. The summed E-state index contributed by atoms with van der Waals surface area (Å²) in [4.78, 5) is 8.93. The van der Waals surface area contributed by atoms with Crippen molar-refractivity contribution in [1.82, 2.24) is 9.97 Å². The number of methoxy groups -OCH3 is 1. The van der Waals surface area contributed by atoms with Gasteiger partial charge in [-0.25, -0.2) is 4.98 Å². The molecule has 0 radical (unpaired) electrons.